The SMILES string of the molecule is COc1ccc(N2CC(CS)CC2=O)cc1Br. The van der Waals surface area contributed by atoms with Crippen LogP contribution in [0.15, 0.2) is 22.7 Å². The zero-order chi connectivity index (χ0) is 12.4. The van der Waals surface area contributed by atoms with Crippen molar-refractivity contribution in [2.45, 2.75) is 6.42 Å². The molecule has 1 unspecified atom stereocenters. The van der Waals surface area contributed by atoms with Gasteiger partial charge in [-0.2, -0.15) is 12.6 Å². The molecule has 1 amide bonds. The molecule has 1 heterocycles. The first-order valence-electron chi connectivity index (χ1n) is 5.40. The van der Waals surface area contributed by atoms with Gasteiger partial charge in [-0.1, -0.05) is 0 Å². The Morgan fingerprint density at radius 2 is 2.35 bits per heavy atom. The number of methoxy groups -OCH3 is 1. The molecule has 1 saturated heterocycles. The summed E-state index contributed by atoms with van der Waals surface area (Å²) in [5.74, 6) is 2.04. The second kappa shape index (κ2) is 5.31. The number of ether oxygens (including phenoxy) is 1. The number of rotatable bonds is 3. The van der Waals surface area contributed by atoms with Crippen LogP contribution in [0, 0.1) is 5.92 Å². The predicted octanol–water partition coefficient (Wildman–Crippen LogP) is 2.74. The number of hydrogen-bond donors (Lipinski definition) is 1. The Bertz CT molecular complexity index is 439. The van der Waals surface area contributed by atoms with Crippen LogP contribution < -0.4 is 9.64 Å². The summed E-state index contributed by atoms with van der Waals surface area (Å²) in [5, 5.41) is 0. The van der Waals surface area contributed by atoms with E-state index in [2.05, 4.69) is 28.6 Å². The van der Waals surface area contributed by atoms with Crippen molar-refractivity contribution in [3.63, 3.8) is 0 Å². The largest absolute Gasteiger partial charge is 0.496 e. The van der Waals surface area contributed by atoms with Gasteiger partial charge in [0.2, 0.25) is 5.91 Å². The fourth-order valence-corrected chi connectivity index (χ4v) is 2.75. The topological polar surface area (TPSA) is 29.5 Å². The van der Waals surface area contributed by atoms with Gasteiger partial charge in [0.25, 0.3) is 0 Å². The number of hydrogen-bond acceptors (Lipinski definition) is 3. The average Bonchev–Trinajstić information content (AvgIpc) is 2.70. The van der Waals surface area contributed by atoms with Gasteiger partial charge < -0.3 is 9.64 Å². The summed E-state index contributed by atoms with van der Waals surface area (Å²) in [4.78, 5) is 13.7. The Morgan fingerprint density at radius 1 is 1.59 bits per heavy atom. The van der Waals surface area contributed by atoms with Crippen LogP contribution in [0.3, 0.4) is 0 Å². The highest BCUT2D eigenvalue weighted by molar-refractivity contribution is 9.10. The molecule has 0 saturated carbocycles. The highest BCUT2D eigenvalue weighted by Gasteiger charge is 2.29. The summed E-state index contributed by atoms with van der Waals surface area (Å²) in [6.45, 7) is 0.751. The molecule has 1 aromatic rings. The molecule has 0 spiro atoms. The Balaban J connectivity index is 2.23. The number of carbonyl (C=O) groups is 1. The maximum absolute atomic E-state index is 11.9. The van der Waals surface area contributed by atoms with E-state index >= 15 is 0 Å². The van der Waals surface area contributed by atoms with E-state index in [1.165, 1.54) is 0 Å². The van der Waals surface area contributed by atoms with Crippen LogP contribution in [0.5, 0.6) is 5.75 Å². The summed E-state index contributed by atoms with van der Waals surface area (Å²) >= 11 is 7.68. The number of halogens is 1. The van der Waals surface area contributed by atoms with Gasteiger partial charge in [0.05, 0.1) is 11.6 Å². The van der Waals surface area contributed by atoms with Crippen molar-refractivity contribution in [1.82, 2.24) is 0 Å². The molecular formula is C12H14BrNO2S. The molecule has 0 bridgehead atoms. The lowest BCUT2D eigenvalue weighted by atomic mass is 10.1. The van der Waals surface area contributed by atoms with E-state index in [1.54, 1.807) is 7.11 Å². The number of benzene rings is 1. The van der Waals surface area contributed by atoms with E-state index in [0.717, 1.165) is 28.2 Å². The van der Waals surface area contributed by atoms with Gasteiger partial charge in [-0.3, -0.25) is 4.79 Å². The molecule has 1 aromatic carbocycles. The van der Waals surface area contributed by atoms with Crippen LogP contribution in [-0.4, -0.2) is 25.3 Å². The van der Waals surface area contributed by atoms with Crippen molar-refractivity contribution >= 4 is 40.2 Å². The van der Waals surface area contributed by atoms with Crippen molar-refractivity contribution in [3.8, 4) is 5.75 Å². The van der Waals surface area contributed by atoms with E-state index in [-0.39, 0.29) is 5.91 Å². The molecule has 1 atom stereocenters. The Morgan fingerprint density at radius 3 is 2.88 bits per heavy atom. The van der Waals surface area contributed by atoms with Gasteiger partial charge in [0, 0.05) is 18.7 Å². The third-order valence-corrected chi connectivity index (χ3v) is 4.05. The van der Waals surface area contributed by atoms with Gasteiger partial charge in [-0.05, 0) is 45.8 Å². The molecule has 0 radical (unpaired) electrons. The predicted molar refractivity (Wildman–Crippen MR) is 75.0 cm³/mol. The van der Waals surface area contributed by atoms with Crippen molar-refractivity contribution in [1.29, 1.82) is 0 Å². The minimum absolute atomic E-state index is 0.168. The molecule has 1 aliphatic rings. The number of nitrogens with zero attached hydrogens (tertiary/aromatic N) is 1. The summed E-state index contributed by atoms with van der Waals surface area (Å²) < 4.78 is 6.03. The summed E-state index contributed by atoms with van der Waals surface area (Å²) in [7, 11) is 1.62. The highest BCUT2D eigenvalue weighted by Crippen LogP contribution is 2.32. The van der Waals surface area contributed by atoms with E-state index in [4.69, 9.17) is 4.74 Å². The molecule has 1 aliphatic heterocycles. The lowest BCUT2D eigenvalue weighted by molar-refractivity contribution is -0.117. The summed E-state index contributed by atoms with van der Waals surface area (Å²) in [6.07, 6.45) is 0.590. The lowest BCUT2D eigenvalue weighted by Gasteiger charge is -2.17. The first-order chi connectivity index (χ1) is 8.15. The van der Waals surface area contributed by atoms with Crippen molar-refractivity contribution < 1.29 is 9.53 Å². The molecule has 92 valence electrons. The molecule has 2 rings (SSSR count). The number of anilines is 1. The maximum Gasteiger partial charge on any atom is 0.227 e. The minimum Gasteiger partial charge on any atom is -0.496 e. The molecule has 17 heavy (non-hydrogen) atoms. The monoisotopic (exact) mass is 315 g/mol. The fourth-order valence-electron chi connectivity index (χ4n) is 1.98. The molecule has 1 fully saturated rings. The summed E-state index contributed by atoms with van der Waals surface area (Å²) in [5.41, 5.74) is 0.909. The van der Waals surface area contributed by atoms with Crippen LogP contribution in [0.4, 0.5) is 5.69 Å². The molecule has 0 N–H and O–H groups in total. The van der Waals surface area contributed by atoms with Gasteiger partial charge in [0.1, 0.15) is 5.75 Å². The van der Waals surface area contributed by atoms with E-state index < -0.39 is 0 Å². The fraction of sp³-hybridized carbons (Fsp3) is 0.417. The normalized spacial score (nSPS) is 19.8. The van der Waals surface area contributed by atoms with Crippen molar-refractivity contribution in [3.05, 3.63) is 22.7 Å². The van der Waals surface area contributed by atoms with Gasteiger partial charge in [-0.25, -0.2) is 0 Å². The first-order valence-corrected chi connectivity index (χ1v) is 6.83. The van der Waals surface area contributed by atoms with E-state index in [9.17, 15) is 4.79 Å². The van der Waals surface area contributed by atoms with Crippen LogP contribution in [0.1, 0.15) is 6.42 Å². The zero-order valence-electron chi connectivity index (χ0n) is 9.52. The van der Waals surface area contributed by atoms with Crippen LogP contribution in [-0.2, 0) is 4.79 Å². The smallest absolute Gasteiger partial charge is 0.227 e. The minimum atomic E-state index is 0.168. The lowest BCUT2D eigenvalue weighted by Crippen LogP contribution is -2.24. The molecular weight excluding hydrogens is 302 g/mol. The molecule has 3 nitrogen and oxygen atoms in total. The third-order valence-electron chi connectivity index (χ3n) is 2.91. The van der Waals surface area contributed by atoms with Crippen LogP contribution >= 0.6 is 28.6 Å². The number of carbonyl (C=O) groups excluding carboxylic acids is 1. The third kappa shape index (κ3) is 2.60. The summed E-state index contributed by atoms with van der Waals surface area (Å²) in [6, 6.07) is 5.68. The molecule has 0 aliphatic carbocycles. The van der Waals surface area contributed by atoms with E-state index in [1.807, 2.05) is 23.1 Å². The van der Waals surface area contributed by atoms with E-state index in [0.29, 0.717) is 12.3 Å². The average molecular weight is 316 g/mol. The number of thiol groups is 1. The van der Waals surface area contributed by atoms with Crippen molar-refractivity contribution in [2.75, 3.05) is 24.3 Å². The van der Waals surface area contributed by atoms with Gasteiger partial charge >= 0.3 is 0 Å². The molecule has 0 aromatic heterocycles. The second-order valence-corrected chi connectivity index (χ2v) is 5.30. The standard InChI is InChI=1S/C12H14BrNO2S/c1-16-11-3-2-9(5-10(11)13)14-6-8(7-17)4-12(14)15/h2-3,5,8,17H,4,6-7H2,1H3. The zero-order valence-corrected chi connectivity index (χ0v) is 12.0. The van der Waals surface area contributed by atoms with Gasteiger partial charge in [0.15, 0.2) is 0 Å². The highest BCUT2D eigenvalue weighted by atomic mass is 79.9. The van der Waals surface area contributed by atoms with Crippen LogP contribution in [0.2, 0.25) is 0 Å². The number of amides is 1. The van der Waals surface area contributed by atoms with Gasteiger partial charge in [-0.15, -0.1) is 0 Å². The molecule has 5 heteroatoms. The van der Waals surface area contributed by atoms with Crippen molar-refractivity contribution in [2.24, 2.45) is 5.92 Å². The Kier molecular flexibility index (Phi) is 3.99. The van der Waals surface area contributed by atoms with Crippen LogP contribution in [0.25, 0.3) is 0 Å². The first kappa shape index (κ1) is 12.8. The Hall–Kier alpha value is -0.680. The quantitative estimate of drug-likeness (QED) is 0.869. The second-order valence-electron chi connectivity index (χ2n) is 4.08. The Labute approximate surface area is 115 Å². The maximum atomic E-state index is 11.9.